The highest BCUT2D eigenvalue weighted by Gasteiger charge is 2.23. The minimum absolute atomic E-state index is 0.914. The molecular formula is C38H22OS. The van der Waals surface area contributed by atoms with E-state index >= 15 is 0 Å². The summed E-state index contributed by atoms with van der Waals surface area (Å²) in [5, 5.41) is 9.85. The Morgan fingerprint density at radius 2 is 1.10 bits per heavy atom. The van der Waals surface area contributed by atoms with Gasteiger partial charge in [-0.3, -0.25) is 0 Å². The second-order valence-electron chi connectivity index (χ2n) is 10.4. The first-order chi connectivity index (χ1) is 19.8. The molecular weight excluding hydrogens is 504 g/mol. The van der Waals surface area contributed by atoms with E-state index < -0.39 is 0 Å². The predicted molar refractivity (Wildman–Crippen MR) is 172 cm³/mol. The summed E-state index contributed by atoms with van der Waals surface area (Å²) in [6.45, 7) is 0. The Bertz CT molecular complexity index is 2430. The number of hydrogen-bond donors (Lipinski definition) is 0. The Labute approximate surface area is 234 Å². The summed E-state index contributed by atoms with van der Waals surface area (Å²) < 4.78 is 9.44. The largest absolute Gasteiger partial charge is 0.455 e. The lowest BCUT2D eigenvalue weighted by Gasteiger charge is -2.16. The van der Waals surface area contributed by atoms with Crippen molar-refractivity contribution in [1.29, 1.82) is 0 Å². The third-order valence-electron chi connectivity index (χ3n) is 8.26. The van der Waals surface area contributed by atoms with Gasteiger partial charge in [0.25, 0.3) is 0 Å². The minimum Gasteiger partial charge on any atom is -0.455 e. The van der Waals surface area contributed by atoms with Crippen molar-refractivity contribution < 1.29 is 4.42 Å². The number of benzene rings is 7. The minimum atomic E-state index is 0.914. The molecule has 0 radical (unpaired) electrons. The average Bonchev–Trinajstić information content (AvgIpc) is 3.58. The Hall–Kier alpha value is -4.92. The average molecular weight is 527 g/mol. The van der Waals surface area contributed by atoms with E-state index in [-0.39, 0.29) is 0 Å². The summed E-state index contributed by atoms with van der Waals surface area (Å²) in [5.41, 5.74) is 6.66. The molecule has 2 heteroatoms. The third-order valence-corrected chi connectivity index (χ3v) is 9.41. The van der Waals surface area contributed by atoms with Crippen molar-refractivity contribution in [1.82, 2.24) is 0 Å². The molecule has 0 saturated carbocycles. The molecule has 0 spiro atoms. The van der Waals surface area contributed by atoms with Crippen LogP contribution < -0.4 is 0 Å². The molecule has 1 nitrogen and oxygen atoms in total. The van der Waals surface area contributed by atoms with Gasteiger partial charge in [0.15, 0.2) is 0 Å². The predicted octanol–water partition coefficient (Wildman–Crippen LogP) is 11.6. The third kappa shape index (κ3) is 3.03. The fraction of sp³-hybridized carbons (Fsp3) is 0. The number of fused-ring (bicyclic) bond motifs is 8. The van der Waals surface area contributed by atoms with Crippen LogP contribution in [0.2, 0.25) is 0 Å². The molecule has 0 unspecified atom stereocenters. The van der Waals surface area contributed by atoms with Crippen molar-refractivity contribution in [3.63, 3.8) is 0 Å². The van der Waals surface area contributed by atoms with Crippen LogP contribution in [-0.4, -0.2) is 0 Å². The topological polar surface area (TPSA) is 13.1 Å². The van der Waals surface area contributed by atoms with Gasteiger partial charge >= 0.3 is 0 Å². The van der Waals surface area contributed by atoms with Crippen molar-refractivity contribution >= 4 is 75.0 Å². The van der Waals surface area contributed by atoms with Crippen LogP contribution >= 0.6 is 11.3 Å². The Morgan fingerprint density at radius 3 is 1.98 bits per heavy atom. The van der Waals surface area contributed by atoms with Crippen LogP contribution in [0, 0.1) is 0 Å². The summed E-state index contributed by atoms with van der Waals surface area (Å²) in [6, 6.07) is 48.2. The normalized spacial score (nSPS) is 12.0. The number of rotatable bonds is 2. The molecule has 0 fully saturated rings. The van der Waals surface area contributed by atoms with Crippen molar-refractivity contribution in [3.05, 3.63) is 133 Å². The summed E-state index contributed by atoms with van der Waals surface area (Å²) in [5.74, 6) is 0. The van der Waals surface area contributed by atoms with E-state index in [2.05, 4.69) is 133 Å². The number of furan rings is 1. The summed E-state index contributed by atoms with van der Waals surface area (Å²) in [7, 11) is 0. The van der Waals surface area contributed by atoms with Gasteiger partial charge in [0.2, 0.25) is 0 Å². The first kappa shape index (κ1) is 22.0. The van der Waals surface area contributed by atoms with Crippen LogP contribution in [-0.2, 0) is 0 Å². The standard InChI is InChI=1S/C38H22OS/c1-2-12-25-23(10-1)11-9-17-27(25)36-29-15-4-3-14-28(29)35(37-30-16-5-7-18-32(30)39-38(36)37)24-20-21-34-31(22-24)26-13-6-8-19-33(26)40-34/h1-22H. The van der Waals surface area contributed by atoms with Crippen LogP contribution in [0.1, 0.15) is 0 Å². The van der Waals surface area contributed by atoms with Gasteiger partial charge in [0.05, 0.1) is 0 Å². The molecule has 0 saturated heterocycles. The van der Waals surface area contributed by atoms with Gasteiger partial charge in [-0.15, -0.1) is 11.3 Å². The smallest absolute Gasteiger partial charge is 0.144 e. The highest BCUT2D eigenvalue weighted by molar-refractivity contribution is 7.25. The molecule has 40 heavy (non-hydrogen) atoms. The number of thiophene rings is 1. The highest BCUT2D eigenvalue weighted by atomic mass is 32.1. The molecule has 9 rings (SSSR count). The van der Waals surface area contributed by atoms with E-state index in [0.717, 1.165) is 22.1 Å². The number of para-hydroxylation sites is 1. The quantitative estimate of drug-likeness (QED) is 0.218. The molecule has 0 aliphatic rings. The molecule has 0 amide bonds. The van der Waals surface area contributed by atoms with Gasteiger partial charge in [-0.1, -0.05) is 109 Å². The summed E-state index contributed by atoms with van der Waals surface area (Å²) in [6.07, 6.45) is 0. The maximum Gasteiger partial charge on any atom is 0.144 e. The van der Waals surface area contributed by atoms with Crippen LogP contribution in [0.5, 0.6) is 0 Å². The van der Waals surface area contributed by atoms with E-state index in [0.29, 0.717) is 0 Å². The second kappa shape index (κ2) is 8.29. The second-order valence-corrected chi connectivity index (χ2v) is 11.5. The lowest BCUT2D eigenvalue weighted by atomic mass is 9.86. The van der Waals surface area contributed by atoms with E-state index in [4.69, 9.17) is 4.42 Å². The molecule has 7 aromatic carbocycles. The van der Waals surface area contributed by atoms with Gasteiger partial charge in [0.1, 0.15) is 11.2 Å². The molecule has 186 valence electrons. The first-order valence-corrected chi connectivity index (χ1v) is 14.4. The molecule has 0 bridgehead atoms. The lowest BCUT2D eigenvalue weighted by molar-refractivity contribution is 0.670. The van der Waals surface area contributed by atoms with Crippen LogP contribution in [0.3, 0.4) is 0 Å². The molecule has 9 aromatic rings. The van der Waals surface area contributed by atoms with Crippen LogP contribution in [0.4, 0.5) is 0 Å². The fourth-order valence-corrected chi connectivity index (χ4v) is 7.62. The molecule has 0 aliphatic heterocycles. The first-order valence-electron chi connectivity index (χ1n) is 13.6. The van der Waals surface area contributed by atoms with Crippen molar-refractivity contribution in [2.45, 2.75) is 0 Å². The zero-order chi connectivity index (χ0) is 26.2. The highest BCUT2D eigenvalue weighted by Crippen LogP contribution is 2.49. The molecule has 0 N–H and O–H groups in total. The maximum absolute atomic E-state index is 6.80. The van der Waals surface area contributed by atoms with Crippen molar-refractivity contribution in [2.75, 3.05) is 0 Å². The Balaban J connectivity index is 1.49. The van der Waals surface area contributed by atoms with Gasteiger partial charge < -0.3 is 4.42 Å². The molecule has 0 aliphatic carbocycles. The zero-order valence-electron chi connectivity index (χ0n) is 21.5. The summed E-state index contributed by atoms with van der Waals surface area (Å²) in [4.78, 5) is 0. The maximum atomic E-state index is 6.80. The molecule has 2 heterocycles. The molecule has 0 atom stereocenters. The Kier molecular flexibility index (Phi) is 4.55. The van der Waals surface area contributed by atoms with Crippen molar-refractivity contribution in [2.24, 2.45) is 0 Å². The van der Waals surface area contributed by atoms with Gasteiger partial charge in [-0.05, 0) is 56.9 Å². The van der Waals surface area contributed by atoms with Gasteiger partial charge in [-0.25, -0.2) is 0 Å². The van der Waals surface area contributed by atoms with Gasteiger partial charge in [0, 0.05) is 42.1 Å². The summed E-state index contributed by atoms with van der Waals surface area (Å²) >= 11 is 1.86. The zero-order valence-corrected chi connectivity index (χ0v) is 22.3. The number of hydrogen-bond acceptors (Lipinski definition) is 2. The van der Waals surface area contributed by atoms with Crippen molar-refractivity contribution in [3.8, 4) is 22.3 Å². The lowest BCUT2D eigenvalue weighted by Crippen LogP contribution is -1.90. The van der Waals surface area contributed by atoms with Crippen LogP contribution in [0.15, 0.2) is 138 Å². The van der Waals surface area contributed by atoms with E-state index in [1.54, 1.807) is 0 Å². The molecule has 2 aromatic heterocycles. The SMILES string of the molecule is c1ccc2c(-c3c4ccccc4c(-c4ccc5sc6ccccc6c5c4)c4c3oc3ccccc34)cccc2c1. The van der Waals surface area contributed by atoms with Gasteiger partial charge in [-0.2, -0.15) is 0 Å². The Morgan fingerprint density at radius 1 is 0.450 bits per heavy atom. The fourth-order valence-electron chi connectivity index (χ4n) is 6.54. The monoisotopic (exact) mass is 526 g/mol. The van der Waals surface area contributed by atoms with Crippen LogP contribution in [0.25, 0.3) is 85.9 Å². The van der Waals surface area contributed by atoms with E-state index in [1.165, 1.54) is 63.8 Å². The van der Waals surface area contributed by atoms with E-state index in [1.807, 2.05) is 11.3 Å². The van der Waals surface area contributed by atoms with E-state index in [9.17, 15) is 0 Å².